The van der Waals surface area contributed by atoms with Crippen molar-refractivity contribution < 1.29 is 14.1 Å². The minimum Gasteiger partial charge on any atom is -0.445 e. The lowest BCUT2D eigenvalue weighted by molar-refractivity contribution is 0.129. The van der Waals surface area contributed by atoms with Crippen molar-refractivity contribution in [3.8, 4) is 0 Å². The molecule has 2 atom stereocenters. The largest absolute Gasteiger partial charge is 0.445 e. The number of carbonyl (C=O) groups excluding carboxylic acids is 1. The summed E-state index contributed by atoms with van der Waals surface area (Å²) >= 11 is 0. The van der Waals surface area contributed by atoms with Gasteiger partial charge in [-0.05, 0) is 37.3 Å². The van der Waals surface area contributed by atoms with Crippen molar-refractivity contribution in [1.82, 2.24) is 15.8 Å². The molecule has 6 nitrogen and oxygen atoms in total. The van der Waals surface area contributed by atoms with Gasteiger partial charge < -0.3 is 19.9 Å². The number of ether oxygens (including phenoxy) is 1. The number of nitrogens with zero attached hydrogens (tertiary/aromatic N) is 1. The summed E-state index contributed by atoms with van der Waals surface area (Å²) in [6.45, 7) is 4.72. The third kappa shape index (κ3) is 4.00. The van der Waals surface area contributed by atoms with E-state index in [2.05, 4.69) is 28.8 Å². The number of aromatic nitrogens is 1. The number of carbonyl (C=O) groups is 1. The van der Waals surface area contributed by atoms with Crippen LogP contribution in [0.4, 0.5) is 4.79 Å². The van der Waals surface area contributed by atoms with Crippen LogP contribution >= 0.6 is 0 Å². The highest BCUT2D eigenvalue weighted by Crippen LogP contribution is 2.43. The maximum atomic E-state index is 12.3. The van der Waals surface area contributed by atoms with Crippen LogP contribution in [0.5, 0.6) is 0 Å². The number of amides is 1. The van der Waals surface area contributed by atoms with Crippen LogP contribution < -0.4 is 10.6 Å². The number of piperidine rings is 1. The molecule has 27 heavy (non-hydrogen) atoms. The van der Waals surface area contributed by atoms with Crippen LogP contribution in [-0.4, -0.2) is 30.9 Å². The molecular formula is C21H27N3O3. The zero-order valence-corrected chi connectivity index (χ0v) is 15.7. The smallest absolute Gasteiger partial charge is 0.407 e. The van der Waals surface area contributed by atoms with E-state index in [1.807, 2.05) is 30.3 Å². The zero-order chi connectivity index (χ0) is 18.7. The van der Waals surface area contributed by atoms with Gasteiger partial charge in [-0.1, -0.05) is 42.4 Å². The normalized spacial score (nSPS) is 25.1. The Kier molecular flexibility index (Phi) is 5.16. The standard InChI is InChI=1S/C21H27N3O3/c1-15-9-10-22-13-21(15,19-11-18(27-24-19)17-7-8-17)14-23-20(25)26-12-16-5-3-2-4-6-16/h2-6,11,15,17,22H,7-10,12-14H2,1H3,(H,23,25). The Morgan fingerprint density at radius 3 is 2.89 bits per heavy atom. The SMILES string of the molecule is CC1CCNCC1(CNC(=O)OCc1ccccc1)c1cc(C2CC2)on1. The fraction of sp³-hybridized carbons (Fsp3) is 0.524. The van der Waals surface area contributed by atoms with Crippen molar-refractivity contribution >= 4 is 6.09 Å². The Morgan fingerprint density at radius 1 is 1.33 bits per heavy atom. The van der Waals surface area contributed by atoms with Crippen LogP contribution in [0.2, 0.25) is 0 Å². The van der Waals surface area contributed by atoms with Crippen LogP contribution in [0.25, 0.3) is 0 Å². The highest BCUT2D eigenvalue weighted by atomic mass is 16.5. The van der Waals surface area contributed by atoms with Crippen LogP contribution in [-0.2, 0) is 16.8 Å². The molecule has 0 bridgehead atoms. The lowest BCUT2D eigenvalue weighted by Gasteiger charge is -2.41. The Morgan fingerprint density at radius 2 is 2.15 bits per heavy atom. The topological polar surface area (TPSA) is 76.4 Å². The van der Waals surface area contributed by atoms with E-state index in [1.54, 1.807) is 0 Å². The predicted molar refractivity (Wildman–Crippen MR) is 101 cm³/mol. The van der Waals surface area contributed by atoms with Gasteiger partial charge in [0.1, 0.15) is 12.4 Å². The quantitative estimate of drug-likeness (QED) is 0.817. The summed E-state index contributed by atoms with van der Waals surface area (Å²) in [4.78, 5) is 12.3. The molecule has 1 saturated heterocycles. The third-order valence-corrected chi connectivity index (χ3v) is 5.92. The molecule has 0 radical (unpaired) electrons. The van der Waals surface area contributed by atoms with Gasteiger partial charge in [-0.25, -0.2) is 4.79 Å². The first-order chi connectivity index (χ1) is 13.2. The molecule has 2 unspecified atom stereocenters. The van der Waals surface area contributed by atoms with E-state index >= 15 is 0 Å². The highest BCUT2D eigenvalue weighted by Gasteiger charge is 2.43. The predicted octanol–water partition coefficient (Wildman–Crippen LogP) is 3.35. The Labute approximate surface area is 159 Å². The molecule has 4 rings (SSSR count). The summed E-state index contributed by atoms with van der Waals surface area (Å²) in [6, 6.07) is 11.8. The lowest BCUT2D eigenvalue weighted by atomic mass is 9.70. The second kappa shape index (κ2) is 7.72. The van der Waals surface area contributed by atoms with Crippen molar-refractivity contribution in [1.29, 1.82) is 0 Å². The van der Waals surface area contributed by atoms with E-state index in [1.165, 1.54) is 12.8 Å². The fourth-order valence-corrected chi connectivity index (χ4v) is 3.84. The van der Waals surface area contributed by atoms with E-state index in [-0.39, 0.29) is 12.0 Å². The maximum Gasteiger partial charge on any atom is 0.407 e. The summed E-state index contributed by atoms with van der Waals surface area (Å²) in [5.74, 6) is 1.89. The minimum absolute atomic E-state index is 0.267. The number of alkyl carbamates (subject to hydrolysis) is 1. The number of nitrogens with one attached hydrogen (secondary N) is 2. The van der Waals surface area contributed by atoms with E-state index < -0.39 is 6.09 Å². The molecule has 2 N–H and O–H groups in total. The Bertz CT molecular complexity index is 772. The molecule has 1 aromatic carbocycles. The summed E-state index contributed by atoms with van der Waals surface area (Å²) in [5.41, 5.74) is 1.63. The third-order valence-electron chi connectivity index (χ3n) is 5.92. The van der Waals surface area contributed by atoms with Gasteiger partial charge >= 0.3 is 6.09 Å². The molecule has 2 aromatic rings. The fourth-order valence-electron chi connectivity index (χ4n) is 3.84. The average Bonchev–Trinajstić information content (AvgIpc) is 3.43. The van der Waals surface area contributed by atoms with Crippen molar-refractivity contribution in [2.24, 2.45) is 5.92 Å². The lowest BCUT2D eigenvalue weighted by Crippen LogP contribution is -2.55. The number of hydrogen-bond donors (Lipinski definition) is 2. The van der Waals surface area contributed by atoms with E-state index in [9.17, 15) is 4.79 Å². The van der Waals surface area contributed by atoms with Crippen LogP contribution in [0, 0.1) is 5.92 Å². The summed E-state index contributed by atoms with van der Waals surface area (Å²) in [5, 5.41) is 10.8. The monoisotopic (exact) mass is 369 g/mol. The first-order valence-electron chi connectivity index (χ1n) is 9.80. The van der Waals surface area contributed by atoms with Crippen LogP contribution in [0.1, 0.15) is 49.1 Å². The van der Waals surface area contributed by atoms with Crippen LogP contribution in [0.3, 0.4) is 0 Å². The molecule has 1 amide bonds. The number of benzene rings is 1. The average molecular weight is 369 g/mol. The van der Waals surface area contributed by atoms with Gasteiger partial charge in [-0.15, -0.1) is 0 Å². The van der Waals surface area contributed by atoms with Crippen molar-refractivity contribution in [3.05, 3.63) is 53.4 Å². The molecule has 1 aliphatic carbocycles. The van der Waals surface area contributed by atoms with Gasteiger partial charge in [0.05, 0.1) is 5.69 Å². The first kappa shape index (κ1) is 18.0. The molecule has 1 aromatic heterocycles. The molecule has 0 spiro atoms. The van der Waals surface area contributed by atoms with Gasteiger partial charge in [0.15, 0.2) is 0 Å². The summed E-state index contributed by atoms with van der Waals surface area (Å²) in [7, 11) is 0. The summed E-state index contributed by atoms with van der Waals surface area (Å²) in [6.07, 6.45) is 2.99. The van der Waals surface area contributed by atoms with Crippen molar-refractivity contribution in [3.63, 3.8) is 0 Å². The second-order valence-corrected chi connectivity index (χ2v) is 7.83. The molecule has 1 aliphatic heterocycles. The maximum absolute atomic E-state index is 12.3. The molecule has 6 heteroatoms. The highest BCUT2D eigenvalue weighted by molar-refractivity contribution is 5.67. The van der Waals surface area contributed by atoms with E-state index in [0.717, 1.165) is 36.5 Å². The van der Waals surface area contributed by atoms with Gasteiger partial charge in [-0.2, -0.15) is 0 Å². The Hall–Kier alpha value is -2.34. The first-order valence-corrected chi connectivity index (χ1v) is 9.80. The summed E-state index contributed by atoms with van der Waals surface area (Å²) < 4.78 is 11.0. The van der Waals surface area contributed by atoms with Crippen molar-refractivity contribution in [2.45, 2.75) is 44.1 Å². The van der Waals surface area contributed by atoms with Crippen molar-refractivity contribution in [2.75, 3.05) is 19.6 Å². The molecule has 2 heterocycles. The molecule has 2 fully saturated rings. The number of rotatable bonds is 6. The molecule has 2 aliphatic rings. The molecule has 144 valence electrons. The molecule has 1 saturated carbocycles. The number of hydrogen-bond acceptors (Lipinski definition) is 5. The molecular weight excluding hydrogens is 342 g/mol. The zero-order valence-electron chi connectivity index (χ0n) is 15.7. The van der Waals surface area contributed by atoms with E-state index in [4.69, 9.17) is 9.26 Å². The van der Waals surface area contributed by atoms with Gasteiger partial charge in [0, 0.05) is 30.5 Å². The van der Waals surface area contributed by atoms with Crippen LogP contribution in [0.15, 0.2) is 40.9 Å². The van der Waals surface area contributed by atoms with Gasteiger partial charge in [0.2, 0.25) is 0 Å². The van der Waals surface area contributed by atoms with Gasteiger partial charge in [-0.3, -0.25) is 0 Å². The van der Waals surface area contributed by atoms with E-state index in [0.29, 0.717) is 18.4 Å². The Balaban J connectivity index is 1.42. The second-order valence-electron chi connectivity index (χ2n) is 7.83. The van der Waals surface area contributed by atoms with Gasteiger partial charge in [0.25, 0.3) is 0 Å². The minimum atomic E-state index is -0.401.